The van der Waals surface area contributed by atoms with Gasteiger partial charge in [0.25, 0.3) is 15.7 Å². The molecule has 0 spiro atoms. The number of anilines is 1. The highest BCUT2D eigenvalue weighted by atomic mass is 32.2. The summed E-state index contributed by atoms with van der Waals surface area (Å²) in [5, 5.41) is 14.4. The molecule has 3 rings (SSSR count). The highest BCUT2D eigenvalue weighted by Gasteiger charge is 2.34. The highest BCUT2D eigenvalue weighted by Crippen LogP contribution is 2.27. The third-order valence-electron chi connectivity index (χ3n) is 6.59. The largest absolute Gasteiger partial charge is 0.354 e. The Morgan fingerprint density at radius 3 is 2.32 bits per heavy atom. The standard InChI is InChI=1S/C30H36N4O6S/c1-4-6-18-31-30(36)28(5-2)32(21-24-13-10-12-23(3)19-24)29(35)22-33(25-14-11-15-26(20-25)34(37)38)41(39,40)27-16-8-7-9-17-27/h7-17,19-20,28H,4-6,18,21-22H2,1-3H3,(H,31,36). The van der Waals surface area contributed by atoms with Crippen LogP contribution in [-0.4, -0.2) is 49.2 Å². The smallest absolute Gasteiger partial charge is 0.271 e. The summed E-state index contributed by atoms with van der Waals surface area (Å²) in [6.07, 6.45) is 1.97. The fraction of sp³-hybridized carbons (Fsp3) is 0.333. The molecule has 3 aromatic carbocycles. The van der Waals surface area contributed by atoms with Crippen molar-refractivity contribution in [2.24, 2.45) is 0 Å². The van der Waals surface area contributed by atoms with Gasteiger partial charge in [-0.1, -0.05) is 74.4 Å². The Morgan fingerprint density at radius 1 is 0.976 bits per heavy atom. The van der Waals surface area contributed by atoms with Crippen molar-refractivity contribution < 1.29 is 22.9 Å². The summed E-state index contributed by atoms with van der Waals surface area (Å²) in [7, 11) is -4.31. The number of nitrogens with one attached hydrogen (secondary N) is 1. The van der Waals surface area contributed by atoms with Crippen molar-refractivity contribution in [2.45, 2.75) is 57.5 Å². The molecule has 0 aliphatic rings. The van der Waals surface area contributed by atoms with Crippen LogP contribution >= 0.6 is 0 Å². The predicted octanol–water partition coefficient (Wildman–Crippen LogP) is 4.82. The molecule has 0 aromatic heterocycles. The zero-order valence-electron chi connectivity index (χ0n) is 23.5. The molecule has 10 nitrogen and oxygen atoms in total. The number of non-ortho nitro benzene ring substituents is 1. The van der Waals surface area contributed by atoms with E-state index in [-0.39, 0.29) is 28.7 Å². The Kier molecular flexibility index (Phi) is 11.0. The van der Waals surface area contributed by atoms with Gasteiger partial charge in [0.1, 0.15) is 12.6 Å². The van der Waals surface area contributed by atoms with Gasteiger partial charge in [0, 0.05) is 25.2 Å². The Labute approximate surface area is 241 Å². The lowest BCUT2D eigenvalue weighted by Crippen LogP contribution is -2.52. The maximum atomic E-state index is 14.1. The summed E-state index contributed by atoms with van der Waals surface area (Å²) in [5.41, 5.74) is 1.40. The Bertz CT molecular complexity index is 1460. The molecule has 2 amide bonds. The molecule has 0 saturated heterocycles. The van der Waals surface area contributed by atoms with Gasteiger partial charge in [-0.25, -0.2) is 8.42 Å². The number of carbonyl (C=O) groups excluding carboxylic acids is 2. The van der Waals surface area contributed by atoms with Crippen molar-refractivity contribution in [1.29, 1.82) is 0 Å². The Morgan fingerprint density at radius 2 is 1.68 bits per heavy atom. The molecular weight excluding hydrogens is 544 g/mol. The first-order valence-electron chi connectivity index (χ1n) is 13.5. The van der Waals surface area contributed by atoms with Crippen LogP contribution in [0.2, 0.25) is 0 Å². The topological polar surface area (TPSA) is 130 Å². The van der Waals surface area contributed by atoms with Crippen LogP contribution in [0, 0.1) is 17.0 Å². The Hall–Kier alpha value is -4.25. The minimum Gasteiger partial charge on any atom is -0.354 e. The van der Waals surface area contributed by atoms with E-state index in [9.17, 15) is 28.1 Å². The first-order valence-corrected chi connectivity index (χ1v) is 15.0. The predicted molar refractivity (Wildman–Crippen MR) is 158 cm³/mol. The molecule has 0 aliphatic carbocycles. The van der Waals surface area contributed by atoms with E-state index in [4.69, 9.17) is 0 Å². The van der Waals surface area contributed by atoms with E-state index in [0.717, 1.165) is 34.3 Å². The number of nitro groups is 1. The van der Waals surface area contributed by atoms with Crippen molar-refractivity contribution in [3.63, 3.8) is 0 Å². The van der Waals surface area contributed by atoms with E-state index < -0.39 is 33.4 Å². The number of benzene rings is 3. The molecule has 1 N–H and O–H groups in total. The van der Waals surface area contributed by atoms with Gasteiger partial charge in [-0.15, -0.1) is 0 Å². The molecule has 0 heterocycles. The molecule has 0 fully saturated rings. The molecule has 0 bridgehead atoms. The maximum absolute atomic E-state index is 14.1. The SMILES string of the molecule is CCCCNC(=O)C(CC)N(Cc1cccc(C)c1)C(=O)CN(c1cccc([N+](=O)[O-])c1)S(=O)(=O)c1ccccc1. The van der Waals surface area contributed by atoms with E-state index in [1.54, 1.807) is 25.1 Å². The third kappa shape index (κ3) is 8.14. The number of nitrogens with zero attached hydrogens (tertiary/aromatic N) is 3. The van der Waals surface area contributed by atoms with Crippen molar-refractivity contribution in [2.75, 3.05) is 17.4 Å². The summed E-state index contributed by atoms with van der Waals surface area (Å²) in [6, 6.07) is 19.4. The van der Waals surface area contributed by atoms with Crippen LogP contribution in [0.3, 0.4) is 0 Å². The number of hydrogen-bond donors (Lipinski definition) is 1. The molecule has 41 heavy (non-hydrogen) atoms. The summed E-state index contributed by atoms with van der Waals surface area (Å²) < 4.78 is 28.5. The molecule has 1 atom stereocenters. The van der Waals surface area contributed by atoms with Crippen molar-refractivity contribution in [1.82, 2.24) is 10.2 Å². The molecule has 3 aromatic rings. The summed E-state index contributed by atoms with van der Waals surface area (Å²) in [4.78, 5) is 39.5. The average Bonchev–Trinajstić information content (AvgIpc) is 2.96. The van der Waals surface area contributed by atoms with Crippen molar-refractivity contribution in [3.05, 3.63) is 100 Å². The van der Waals surface area contributed by atoms with Gasteiger partial charge >= 0.3 is 0 Å². The lowest BCUT2D eigenvalue weighted by Gasteiger charge is -2.33. The zero-order valence-corrected chi connectivity index (χ0v) is 24.3. The summed E-state index contributed by atoms with van der Waals surface area (Å²) in [6.45, 7) is 5.59. The number of hydrogen-bond acceptors (Lipinski definition) is 6. The van der Waals surface area contributed by atoms with Gasteiger partial charge in [0.15, 0.2) is 0 Å². The minimum absolute atomic E-state index is 0.0349. The van der Waals surface area contributed by atoms with Crippen molar-refractivity contribution >= 4 is 33.2 Å². The van der Waals surface area contributed by atoms with Gasteiger partial charge in [-0.3, -0.25) is 24.0 Å². The molecule has 1 unspecified atom stereocenters. The monoisotopic (exact) mass is 580 g/mol. The minimum atomic E-state index is -4.31. The molecule has 0 radical (unpaired) electrons. The highest BCUT2D eigenvalue weighted by molar-refractivity contribution is 7.92. The van der Waals surface area contributed by atoms with Gasteiger partial charge in [0.05, 0.1) is 15.5 Å². The lowest BCUT2D eigenvalue weighted by atomic mass is 10.1. The van der Waals surface area contributed by atoms with E-state index in [0.29, 0.717) is 13.0 Å². The first kappa shape index (κ1) is 31.3. The molecule has 0 saturated carbocycles. The van der Waals surface area contributed by atoms with Crippen molar-refractivity contribution in [3.8, 4) is 0 Å². The van der Waals surface area contributed by atoms with Crippen LogP contribution in [0.5, 0.6) is 0 Å². The quantitative estimate of drug-likeness (QED) is 0.165. The van der Waals surface area contributed by atoms with Crippen LogP contribution in [0.15, 0.2) is 83.8 Å². The van der Waals surface area contributed by atoms with Gasteiger partial charge in [-0.05, 0) is 43.5 Å². The van der Waals surface area contributed by atoms with Crippen LogP contribution in [0.4, 0.5) is 11.4 Å². The fourth-order valence-corrected chi connectivity index (χ4v) is 5.87. The van der Waals surface area contributed by atoms with Crippen LogP contribution in [0.1, 0.15) is 44.2 Å². The number of rotatable bonds is 14. The van der Waals surface area contributed by atoms with Gasteiger partial charge in [0.2, 0.25) is 11.8 Å². The second-order valence-electron chi connectivity index (χ2n) is 9.68. The third-order valence-corrected chi connectivity index (χ3v) is 8.38. The van der Waals surface area contributed by atoms with E-state index in [1.807, 2.05) is 38.1 Å². The average molecular weight is 581 g/mol. The second-order valence-corrected chi connectivity index (χ2v) is 11.5. The van der Waals surface area contributed by atoms with E-state index in [2.05, 4.69) is 5.32 Å². The first-order chi connectivity index (χ1) is 19.6. The van der Waals surface area contributed by atoms with Crippen LogP contribution in [-0.2, 0) is 26.2 Å². The number of aryl methyl sites for hydroxylation is 1. The molecule has 11 heteroatoms. The second kappa shape index (κ2) is 14.4. The summed E-state index contributed by atoms with van der Waals surface area (Å²) in [5.74, 6) is -0.940. The molecule has 0 aliphatic heterocycles. The van der Waals surface area contributed by atoms with Gasteiger partial charge < -0.3 is 10.2 Å². The van der Waals surface area contributed by atoms with Crippen LogP contribution < -0.4 is 9.62 Å². The van der Waals surface area contributed by atoms with E-state index >= 15 is 0 Å². The Balaban J connectivity index is 2.07. The number of carbonyl (C=O) groups is 2. The number of sulfonamides is 1. The zero-order chi connectivity index (χ0) is 30.0. The number of amides is 2. The normalized spacial score (nSPS) is 11.9. The van der Waals surface area contributed by atoms with E-state index in [1.165, 1.54) is 35.2 Å². The fourth-order valence-electron chi connectivity index (χ4n) is 4.44. The maximum Gasteiger partial charge on any atom is 0.271 e. The lowest BCUT2D eigenvalue weighted by molar-refractivity contribution is -0.384. The molecule has 218 valence electrons. The van der Waals surface area contributed by atoms with Crippen LogP contribution in [0.25, 0.3) is 0 Å². The summed E-state index contributed by atoms with van der Waals surface area (Å²) >= 11 is 0. The number of unbranched alkanes of at least 4 members (excludes halogenated alkanes) is 1. The van der Waals surface area contributed by atoms with Gasteiger partial charge in [-0.2, -0.15) is 0 Å². The number of nitro benzene ring substituents is 1. The molecular formula is C30H36N4O6S.